The van der Waals surface area contributed by atoms with Crippen LogP contribution < -0.4 is 19.5 Å². The molecule has 0 radical (unpaired) electrons. The number of amides is 1. The molecule has 2 aromatic rings. The van der Waals surface area contributed by atoms with Crippen molar-refractivity contribution in [3.05, 3.63) is 52.1 Å². The van der Waals surface area contributed by atoms with E-state index in [0.717, 1.165) is 12.1 Å². The summed E-state index contributed by atoms with van der Waals surface area (Å²) in [7, 11) is 2.56. The van der Waals surface area contributed by atoms with E-state index >= 15 is 0 Å². The second-order valence-corrected chi connectivity index (χ2v) is 5.51. The number of carbonyl (C=O) groups is 2. The number of methoxy groups -OCH3 is 2. The molecule has 0 saturated carbocycles. The third kappa shape index (κ3) is 5.77. The van der Waals surface area contributed by atoms with Crippen molar-refractivity contribution in [2.24, 2.45) is 0 Å². The summed E-state index contributed by atoms with van der Waals surface area (Å²) in [5.74, 6) is -1.88. The number of anilines is 1. The van der Waals surface area contributed by atoms with Crippen LogP contribution in [0.1, 0.15) is 10.4 Å². The van der Waals surface area contributed by atoms with Crippen LogP contribution in [0.5, 0.6) is 17.2 Å². The number of esters is 1. The van der Waals surface area contributed by atoms with E-state index in [-0.39, 0.29) is 22.9 Å². The minimum Gasteiger partial charge on any atom is -0.493 e. The van der Waals surface area contributed by atoms with Gasteiger partial charge in [-0.1, -0.05) is 0 Å². The number of hydrogen-bond acceptors (Lipinski definition) is 8. The van der Waals surface area contributed by atoms with Crippen molar-refractivity contribution in [1.82, 2.24) is 0 Å². The highest BCUT2D eigenvalue weighted by atomic mass is 19.3. The number of alkyl halides is 2. The van der Waals surface area contributed by atoms with Gasteiger partial charge in [-0.2, -0.15) is 8.78 Å². The number of nitro benzene ring substituents is 1. The van der Waals surface area contributed by atoms with Crippen molar-refractivity contribution in [3.63, 3.8) is 0 Å². The number of nitro groups is 1. The maximum Gasteiger partial charge on any atom is 0.387 e. The molecule has 30 heavy (non-hydrogen) atoms. The third-order valence-electron chi connectivity index (χ3n) is 3.62. The highest BCUT2D eigenvalue weighted by Crippen LogP contribution is 2.34. The Morgan fingerprint density at radius 3 is 2.23 bits per heavy atom. The molecule has 0 unspecified atom stereocenters. The van der Waals surface area contributed by atoms with E-state index in [1.54, 1.807) is 0 Å². The van der Waals surface area contributed by atoms with E-state index < -0.39 is 41.3 Å². The lowest BCUT2D eigenvalue weighted by Crippen LogP contribution is -2.21. The second-order valence-electron chi connectivity index (χ2n) is 5.51. The number of halogens is 2. The van der Waals surface area contributed by atoms with Gasteiger partial charge >= 0.3 is 12.6 Å². The van der Waals surface area contributed by atoms with E-state index in [2.05, 4.69) is 10.1 Å². The molecule has 0 saturated heterocycles. The maximum absolute atomic E-state index is 12.3. The van der Waals surface area contributed by atoms with E-state index in [0.29, 0.717) is 0 Å². The van der Waals surface area contributed by atoms with E-state index in [4.69, 9.17) is 14.2 Å². The van der Waals surface area contributed by atoms with Gasteiger partial charge in [0.25, 0.3) is 11.6 Å². The number of hydrogen-bond donors (Lipinski definition) is 1. The predicted octanol–water partition coefficient (Wildman–Crippen LogP) is 3.01. The molecule has 0 fully saturated rings. The molecule has 0 atom stereocenters. The summed E-state index contributed by atoms with van der Waals surface area (Å²) in [6, 6.07) is 7.09. The lowest BCUT2D eigenvalue weighted by molar-refractivity contribution is -0.385. The Morgan fingerprint density at radius 1 is 1.10 bits per heavy atom. The fourth-order valence-electron chi connectivity index (χ4n) is 2.31. The van der Waals surface area contributed by atoms with Gasteiger partial charge in [0.05, 0.1) is 25.2 Å². The fourth-order valence-corrected chi connectivity index (χ4v) is 2.31. The van der Waals surface area contributed by atoms with Gasteiger partial charge in [-0.25, -0.2) is 4.79 Å². The normalized spacial score (nSPS) is 10.3. The van der Waals surface area contributed by atoms with Crippen molar-refractivity contribution in [2.45, 2.75) is 6.61 Å². The monoisotopic (exact) mass is 426 g/mol. The first-order valence-electron chi connectivity index (χ1n) is 8.17. The third-order valence-corrected chi connectivity index (χ3v) is 3.62. The molecule has 0 spiro atoms. The van der Waals surface area contributed by atoms with Crippen molar-refractivity contribution >= 4 is 23.3 Å². The summed E-state index contributed by atoms with van der Waals surface area (Å²) in [6.45, 7) is -3.73. The summed E-state index contributed by atoms with van der Waals surface area (Å²) >= 11 is 0. The summed E-state index contributed by atoms with van der Waals surface area (Å²) in [4.78, 5) is 34.6. The summed E-state index contributed by atoms with van der Waals surface area (Å²) < 4.78 is 43.2. The van der Waals surface area contributed by atoms with Crippen molar-refractivity contribution in [1.29, 1.82) is 0 Å². The number of ether oxygens (including phenoxy) is 4. The van der Waals surface area contributed by atoms with Gasteiger partial charge in [-0.05, 0) is 24.3 Å². The summed E-state index contributed by atoms with van der Waals surface area (Å²) in [5, 5.41) is 13.6. The molecular weight excluding hydrogens is 410 g/mol. The molecule has 2 rings (SSSR count). The van der Waals surface area contributed by atoms with Gasteiger partial charge in [0.2, 0.25) is 0 Å². The van der Waals surface area contributed by atoms with Gasteiger partial charge in [-0.3, -0.25) is 14.9 Å². The van der Waals surface area contributed by atoms with Crippen molar-refractivity contribution in [2.75, 3.05) is 26.1 Å². The molecule has 0 aliphatic rings. The zero-order chi connectivity index (χ0) is 22.3. The average Bonchev–Trinajstić information content (AvgIpc) is 2.71. The Balaban J connectivity index is 2.04. The Hall–Kier alpha value is -3.96. The van der Waals surface area contributed by atoms with Gasteiger partial charge in [0.1, 0.15) is 11.3 Å². The van der Waals surface area contributed by atoms with Crippen LogP contribution in [-0.4, -0.2) is 44.2 Å². The minimum atomic E-state index is -2.98. The molecule has 160 valence electrons. The Kier molecular flexibility index (Phi) is 7.44. The van der Waals surface area contributed by atoms with Gasteiger partial charge in [0, 0.05) is 11.8 Å². The molecule has 10 nitrogen and oxygen atoms in total. The van der Waals surface area contributed by atoms with Gasteiger partial charge in [0.15, 0.2) is 18.1 Å². The zero-order valence-corrected chi connectivity index (χ0v) is 15.7. The molecule has 1 amide bonds. The number of carbonyl (C=O) groups excluding carboxylic acids is 2. The summed E-state index contributed by atoms with van der Waals surface area (Å²) in [6.07, 6.45) is 0. The fraction of sp³-hybridized carbons (Fsp3) is 0.222. The van der Waals surface area contributed by atoms with Crippen LogP contribution in [0.25, 0.3) is 0 Å². The van der Waals surface area contributed by atoms with Crippen molar-refractivity contribution < 1.29 is 42.2 Å². The Labute approximate surface area is 168 Å². The lowest BCUT2D eigenvalue weighted by atomic mass is 10.1. The summed E-state index contributed by atoms with van der Waals surface area (Å²) in [5.41, 5.74) is -0.790. The largest absolute Gasteiger partial charge is 0.493 e. The molecular formula is C18H16F2N2O8. The van der Waals surface area contributed by atoms with Crippen LogP contribution in [0, 0.1) is 10.1 Å². The first-order chi connectivity index (χ1) is 14.2. The molecule has 12 heteroatoms. The predicted molar refractivity (Wildman–Crippen MR) is 98.2 cm³/mol. The first kappa shape index (κ1) is 22.3. The smallest absolute Gasteiger partial charge is 0.387 e. The SMILES string of the molecule is COc1cc(C(=O)OCC(=O)Nc2ccc(OC(F)F)cc2)c([N+](=O)[O-])cc1OC. The number of nitrogens with one attached hydrogen (secondary N) is 1. The lowest BCUT2D eigenvalue weighted by Gasteiger charge is -2.11. The van der Waals surface area contributed by atoms with Crippen LogP contribution in [0.2, 0.25) is 0 Å². The Bertz CT molecular complexity index is 935. The first-order valence-corrected chi connectivity index (χ1v) is 8.17. The highest BCUT2D eigenvalue weighted by molar-refractivity contribution is 5.98. The highest BCUT2D eigenvalue weighted by Gasteiger charge is 2.26. The van der Waals surface area contributed by atoms with Crippen LogP contribution in [0.3, 0.4) is 0 Å². The Morgan fingerprint density at radius 2 is 1.70 bits per heavy atom. The van der Waals surface area contributed by atoms with Crippen molar-refractivity contribution in [3.8, 4) is 17.2 Å². The van der Waals surface area contributed by atoms with Gasteiger partial charge in [-0.15, -0.1) is 0 Å². The molecule has 0 bridgehead atoms. The van der Waals surface area contributed by atoms with E-state index in [1.807, 2.05) is 0 Å². The quantitative estimate of drug-likeness (QED) is 0.368. The van der Waals surface area contributed by atoms with Gasteiger partial charge < -0.3 is 24.3 Å². The average molecular weight is 426 g/mol. The molecule has 2 aromatic carbocycles. The van der Waals surface area contributed by atoms with Crippen LogP contribution in [-0.2, 0) is 9.53 Å². The topological polar surface area (TPSA) is 126 Å². The number of benzene rings is 2. The molecule has 0 heterocycles. The molecule has 0 aliphatic carbocycles. The number of rotatable bonds is 9. The minimum absolute atomic E-state index is 0.0396. The van der Waals surface area contributed by atoms with Crippen LogP contribution >= 0.6 is 0 Å². The van der Waals surface area contributed by atoms with Crippen LogP contribution in [0.4, 0.5) is 20.2 Å². The molecule has 0 aliphatic heterocycles. The molecule has 0 aromatic heterocycles. The second kappa shape index (κ2) is 10.0. The zero-order valence-electron chi connectivity index (χ0n) is 15.7. The number of nitrogens with zero attached hydrogens (tertiary/aromatic N) is 1. The van der Waals surface area contributed by atoms with Crippen LogP contribution in [0.15, 0.2) is 36.4 Å². The van der Waals surface area contributed by atoms with E-state index in [9.17, 15) is 28.5 Å². The van der Waals surface area contributed by atoms with E-state index in [1.165, 1.54) is 38.5 Å². The standard InChI is InChI=1S/C18H16F2N2O8/c1-27-14-7-12(13(22(25)26)8-15(14)28-2)17(24)29-9-16(23)21-10-3-5-11(6-4-10)30-18(19)20/h3-8,18H,9H2,1-2H3,(H,21,23). The maximum atomic E-state index is 12.3. The molecule has 1 N–H and O–H groups in total.